The Bertz CT molecular complexity index is 1300. The summed E-state index contributed by atoms with van der Waals surface area (Å²) in [6, 6.07) is 4.91. The molecule has 0 aliphatic carbocycles. The SMILES string of the molecule is CCN(C(=O)n1nnn(-c2c(F)cccc2F)c1=O)c1ccc(NS(C)(=O)=O)cc1F. The minimum Gasteiger partial charge on any atom is -0.290 e. The van der Waals surface area contributed by atoms with Crippen molar-refractivity contribution in [1.82, 2.24) is 19.8 Å². The van der Waals surface area contributed by atoms with Crippen LogP contribution in [0.4, 0.5) is 29.3 Å². The minimum atomic E-state index is -3.65. The zero-order valence-corrected chi connectivity index (χ0v) is 16.9. The molecule has 1 amide bonds. The average Bonchev–Trinajstić information content (AvgIpc) is 3.03. The lowest BCUT2D eigenvalue weighted by atomic mass is 10.2. The van der Waals surface area contributed by atoms with Gasteiger partial charge in [-0.1, -0.05) is 6.07 Å². The molecule has 0 saturated carbocycles. The fourth-order valence-corrected chi connectivity index (χ4v) is 3.28. The van der Waals surface area contributed by atoms with Crippen molar-refractivity contribution in [3.8, 4) is 5.69 Å². The van der Waals surface area contributed by atoms with Gasteiger partial charge in [-0.15, -0.1) is 4.68 Å². The predicted octanol–water partition coefficient (Wildman–Crippen LogP) is 1.71. The molecule has 0 atom stereocenters. The van der Waals surface area contributed by atoms with E-state index in [1.807, 2.05) is 0 Å². The minimum absolute atomic E-state index is 0.0783. The fourth-order valence-electron chi connectivity index (χ4n) is 2.72. The van der Waals surface area contributed by atoms with Gasteiger partial charge >= 0.3 is 11.7 Å². The summed E-state index contributed by atoms with van der Waals surface area (Å²) in [5.74, 6) is -3.17. The standard InChI is InChI=1S/C17H15F3N6O4S/c1-3-24(14-8-7-10(9-13(14)20)21-31(2,29)30)16(27)26-17(28)25(22-23-26)15-11(18)5-4-6-12(15)19/h4-9,21H,3H2,1-2H3. The van der Waals surface area contributed by atoms with Gasteiger partial charge in [0, 0.05) is 12.6 Å². The lowest BCUT2D eigenvalue weighted by Crippen LogP contribution is -2.41. The highest BCUT2D eigenvalue weighted by Crippen LogP contribution is 2.24. The van der Waals surface area contributed by atoms with Gasteiger partial charge in [-0.25, -0.2) is 31.2 Å². The van der Waals surface area contributed by atoms with Crippen molar-refractivity contribution >= 4 is 27.4 Å². The van der Waals surface area contributed by atoms with E-state index in [0.29, 0.717) is 0 Å². The molecule has 0 aliphatic heterocycles. The summed E-state index contributed by atoms with van der Waals surface area (Å²) in [6.45, 7) is 1.36. The van der Waals surface area contributed by atoms with Crippen molar-refractivity contribution in [3.63, 3.8) is 0 Å². The van der Waals surface area contributed by atoms with Crippen molar-refractivity contribution in [1.29, 1.82) is 0 Å². The number of halogens is 3. The molecule has 0 saturated heterocycles. The maximum Gasteiger partial charge on any atom is 0.377 e. The molecule has 2 aromatic carbocycles. The fraction of sp³-hybridized carbons (Fsp3) is 0.176. The summed E-state index contributed by atoms with van der Waals surface area (Å²) in [6.07, 6.45) is 0.884. The van der Waals surface area contributed by atoms with Gasteiger partial charge in [0.05, 0.1) is 17.6 Å². The van der Waals surface area contributed by atoms with Crippen LogP contribution < -0.4 is 15.3 Å². The second-order valence-electron chi connectivity index (χ2n) is 6.22. The molecule has 0 radical (unpaired) electrons. The molecule has 1 N–H and O–H groups in total. The highest BCUT2D eigenvalue weighted by atomic mass is 32.2. The number of anilines is 2. The van der Waals surface area contributed by atoms with E-state index in [2.05, 4.69) is 15.1 Å². The lowest BCUT2D eigenvalue weighted by Gasteiger charge is -2.20. The van der Waals surface area contributed by atoms with Crippen molar-refractivity contribution in [2.24, 2.45) is 0 Å². The van der Waals surface area contributed by atoms with E-state index in [1.165, 1.54) is 13.0 Å². The zero-order valence-electron chi connectivity index (χ0n) is 16.1. The molecule has 10 nitrogen and oxygen atoms in total. The average molecular weight is 456 g/mol. The number of aromatic nitrogens is 4. The number of amides is 1. The van der Waals surface area contributed by atoms with Gasteiger partial charge < -0.3 is 0 Å². The molecule has 0 spiro atoms. The van der Waals surface area contributed by atoms with Crippen LogP contribution in [0.25, 0.3) is 5.69 Å². The van der Waals surface area contributed by atoms with E-state index in [4.69, 9.17) is 0 Å². The molecular formula is C17H15F3N6O4S. The molecule has 1 heterocycles. The number of hydrogen-bond donors (Lipinski definition) is 1. The summed E-state index contributed by atoms with van der Waals surface area (Å²) in [7, 11) is -3.65. The monoisotopic (exact) mass is 456 g/mol. The number of tetrazole rings is 1. The van der Waals surface area contributed by atoms with Crippen molar-refractivity contribution in [3.05, 3.63) is 64.3 Å². The van der Waals surface area contributed by atoms with Crippen LogP contribution in [0.1, 0.15) is 6.92 Å². The number of nitrogens with one attached hydrogen (secondary N) is 1. The van der Waals surface area contributed by atoms with Gasteiger partial charge in [-0.3, -0.25) is 9.62 Å². The van der Waals surface area contributed by atoms with E-state index in [1.54, 1.807) is 0 Å². The van der Waals surface area contributed by atoms with Gasteiger partial charge in [0.1, 0.15) is 11.5 Å². The number of benzene rings is 2. The Hall–Kier alpha value is -3.68. The molecule has 31 heavy (non-hydrogen) atoms. The number of sulfonamides is 1. The molecule has 14 heteroatoms. The maximum atomic E-state index is 14.6. The first-order chi connectivity index (χ1) is 14.5. The first-order valence-corrected chi connectivity index (χ1v) is 10.5. The second-order valence-corrected chi connectivity index (χ2v) is 7.97. The van der Waals surface area contributed by atoms with E-state index in [9.17, 15) is 31.2 Å². The zero-order chi connectivity index (χ0) is 22.9. The third-order valence-electron chi connectivity index (χ3n) is 4.00. The Morgan fingerprint density at radius 1 is 1.10 bits per heavy atom. The van der Waals surface area contributed by atoms with E-state index < -0.39 is 44.9 Å². The van der Waals surface area contributed by atoms with E-state index in [-0.39, 0.29) is 27.3 Å². The van der Waals surface area contributed by atoms with Crippen LogP contribution in [-0.4, -0.2) is 47.0 Å². The van der Waals surface area contributed by atoms with E-state index in [0.717, 1.165) is 41.5 Å². The van der Waals surface area contributed by atoms with Crippen molar-refractivity contribution < 1.29 is 26.4 Å². The van der Waals surface area contributed by atoms with Gasteiger partial charge in [0.15, 0.2) is 11.6 Å². The Morgan fingerprint density at radius 2 is 1.74 bits per heavy atom. The normalized spacial score (nSPS) is 11.4. The Balaban J connectivity index is 1.99. The summed E-state index contributed by atoms with van der Waals surface area (Å²) in [4.78, 5) is 26.1. The van der Waals surface area contributed by atoms with Gasteiger partial charge in [0.25, 0.3) is 0 Å². The lowest BCUT2D eigenvalue weighted by molar-refractivity contribution is 0.244. The first kappa shape index (κ1) is 22.0. The molecular weight excluding hydrogens is 441 g/mol. The molecule has 3 aromatic rings. The number of nitrogens with zero attached hydrogens (tertiary/aromatic N) is 5. The molecule has 3 rings (SSSR count). The number of rotatable bonds is 5. The summed E-state index contributed by atoms with van der Waals surface area (Å²) >= 11 is 0. The topological polar surface area (TPSA) is 119 Å². The molecule has 0 unspecified atom stereocenters. The predicted molar refractivity (Wildman–Crippen MR) is 104 cm³/mol. The van der Waals surface area contributed by atoms with Crippen LogP contribution in [0.3, 0.4) is 0 Å². The highest BCUT2D eigenvalue weighted by molar-refractivity contribution is 7.92. The third-order valence-corrected chi connectivity index (χ3v) is 4.61. The van der Waals surface area contributed by atoms with Crippen molar-refractivity contribution in [2.75, 3.05) is 22.4 Å². The van der Waals surface area contributed by atoms with Crippen LogP contribution in [0.15, 0.2) is 41.2 Å². The Labute approximate surface area is 173 Å². The van der Waals surface area contributed by atoms with Gasteiger partial charge in [-0.2, -0.15) is 4.68 Å². The maximum absolute atomic E-state index is 14.6. The smallest absolute Gasteiger partial charge is 0.290 e. The molecule has 0 fully saturated rings. The molecule has 1 aromatic heterocycles. The molecule has 0 bridgehead atoms. The first-order valence-electron chi connectivity index (χ1n) is 8.62. The van der Waals surface area contributed by atoms with Crippen molar-refractivity contribution in [2.45, 2.75) is 6.92 Å². The van der Waals surface area contributed by atoms with Gasteiger partial charge in [-0.05, 0) is 41.6 Å². The summed E-state index contributed by atoms with van der Waals surface area (Å²) < 4.78 is 67.6. The van der Waals surface area contributed by atoms with Crippen LogP contribution in [0, 0.1) is 17.5 Å². The Kier molecular flexibility index (Phi) is 5.83. The Morgan fingerprint density at radius 3 is 2.29 bits per heavy atom. The number of carbonyl (C=O) groups is 1. The summed E-state index contributed by atoms with van der Waals surface area (Å²) in [5, 5.41) is 6.68. The second kappa shape index (κ2) is 8.22. The highest BCUT2D eigenvalue weighted by Gasteiger charge is 2.26. The van der Waals surface area contributed by atoms with Crippen LogP contribution >= 0.6 is 0 Å². The van der Waals surface area contributed by atoms with Crippen LogP contribution in [0.5, 0.6) is 0 Å². The quantitative estimate of drug-likeness (QED) is 0.584. The largest absolute Gasteiger partial charge is 0.377 e. The molecule has 164 valence electrons. The number of hydrogen-bond acceptors (Lipinski definition) is 6. The van der Waals surface area contributed by atoms with E-state index >= 15 is 0 Å². The van der Waals surface area contributed by atoms with Crippen LogP contribution in [-0.2, 0) is 10.0 Å². The van der Waals surface area contributed by atoms with Gasteiger partial charge in [0.2, 0.25) is 10.0 Å². The summed E-state index contributed by atoms with van der Waals surface area (Å²) in [5.41, 5.74) is -2.46. The third kappa shape index (κ3) is 4.42. The number of carbonyl (C=O) groups excluding carboxylic acids is 1. The van der Waals surface area contributed by atoms with Crippen LogP contribution in [0.2, 0.25) is 0 Å². The molecule has 0 aliphatic rings. The number of para-hydroxylation sites is 1.